The topological polar surface area (TPSA) is 29.3 Å². The third-order valence-corrected chi connectivity index (χ3v) is 3.95. The number of hydrogen-bond acceptors (Lipinski definition) is 3. The highest BCUT2D eigenvalue weighted by molar-refractivity contribution is 7.98. The molecule has 78 valence electrons. The molecule has 1 fully saturated rings. The van der Waals surface area contributed by atoms with Gasteiger partial charge in [-0.3, -0.25) is 4.90 Å². The highest BCUT2D eigenvalue weighted by Gasteiger charge is 2.35. The Morgan fingerprint density at radius 1 is 1.38 bits per heavy atom. The summed E-state index contributed by atoms with van der Waals surface area (Å²) in [5, 5.41) is 0. The van der Waals surface area contributed by atoms with Gasteiger partial charge in [-0.1, -0.05) is 12.8 Å². The van der Waals surface area contributed by atoms with Crippen LogP contribution in [0, 0.1) is 0 Å². The Morgan fingerprint density at radius 2 is 2.00 bits per heavy atom. The van der Waals surface area contributed by atoms with Crippen molar-refractivity contribution >= 4 is 11.8 Å². The smallest absolute Gasteiger partial charge is 0.0329 e. The first-order valence-electron chi connectivity index (χ1n) is 5.15. The van der Waals surface area contributed by atoms with E-state index in [0.29, 0.717) is 5.54 Å². The molecule has 0 aromatic rings. The van der Waals surface area contributed by atoms with Crippen molar-refractivity contribution in [2.75, 3.05) is 32.1 Å². The Labute approximate surface area is 86.2 Å². The second-order valence-electron chi connectivity index (χ2n) is 4.05. The van der Waals surface area contributed by atoms with Crippen LogP contribution in [0.1, 0.15) is 25.7 Å². The van der Waals surface area contributed by atoms with E-state index in [4.69, 9.17) is 5.73 Å². The second kappa shape index (κ2) is 5.23. The molecule has 3 heteroatoms. The van der Waals surface area contributed by atoms with Crippen molar-refractivity contribution in [1.29, 1.82) is 0 Å². The summed E-state index contributed by atoms with van der Waals surface area (Å²) < 4.78 is 0. The lowest BCUT2D eigenvalue weighted by molar-refractivity contribution is 0.141. The molecule has 0 atom stereocenters. The highest BCUT2D eigenvalue weighted by atomic mass is 32.2. The molecule has 0 aromatic heterocycles. The lowest BCUT2D eigenvalue weighted by atomic mass is 9.96. The lowest BCUT2D eigenvalue weighted by Crippen LogP contribution is -2.50. The molecule has 0 saturated heterocycles. The molecular formula is C10H22N2S. The fraction of sp³-hybridized carbons (Fsp3) is 1.00. The van der Waals surface area contributed by atoms with Crippen molar-refractivity contribution in [2.45, 2.75) is 31.2 Å². The molecule has 2 N–H and O–H groups in total. The summed E-state index contributed by atoms with van der Waals surface area (Å²) in [5.74, 6) is 1.22. The van der Waals surface area contributed by atoms with Gasteiger partial charge in [0.25, 0.3) is 0 Å². The van der Waals surface area contributed by atoms with Crippen LogP contribution < -0.4 is 5.73 Å². The van der Waals surface area contributed by atoms with E-state index < -0.39 is 0 Å². The Kier molecular flexibility index (Phi) is 4.56. The predicted octanol–water partition coefficient (Wildman–Crippen LogP) is 1.55. The summed E-state index contributed by atoms with van der Waals surface area (Å²) in [6.45, 7) is 2.01. The molecule has 1 rings (SSSR count). The molecule has 1 aliphatic carbocycles. The van der Waals surface area contributed by atoms with Crippen LogP contribution >= 0.6 is 11.8 Å². The summed E-state index contributed by atoms with van der Waals surface area (Å²) >= 11 is 1.92. The lowest BCUT2D eigenvalue weighted by Gasteiger charge is -2.37. The number of nitrogens with two attached hydrogens (primary N) is 1. The molecule has 0 bridgehead atoms. The van der Waals surface area contributed by atoms with E-state index in [1.54, 1.807) is 0 Å². The molecule has 2 nitrogen and oxygen atoms in total. The van der Waals surface area contributed by atoms with Gasteiger partial charge in [-0.25, -0.2) is 0 Å². The minimum absolute atomic E-state index is 0.343. The van der Waals surface area contributed by atoms with Crippen molar-refractivity contribution < 1.29 is 0 Å². The largest absolute Gasteiger partial charge is 0.329 e. The van der Waals surface area contributed by atoms with E-state index >= 15 is 0 Å². The van der Waals surface area contributed by atoms with Crippen molar-refractivity contribution in [3.8, 4) is 0 Å². The SMILES string of the molecule is CSCCN(C)C1(CN)CCCC1. The van der Waals surface area contributed by atoms with Gasteiger partial charge in [0.2, 0.25) is 0 Å². The van der Waals surface area contributed by atoms with Gasteiger partial charge >= 0.3 is 0 Å². The number of nitrogens with zero attached hydrogens (tertiary/aromatic N) is 1. The average Bonchev–Trinajstić information content (AvgIpc) is 2.63. The fourth-order valence-corrected chi connectivity index (χ4v) is 2.70. The zero-order chi connectivity index (χ0) is 9.73. The van der Waals surface area contributed by atoms with E-state index in [2.05, 4.69) is 18.2 Å². The van der Waals surface area contributed by atoms with Gasteiger partial charge < -0.3 is 5.73 Å². The number of hydrogen-bond donors (Lipinski definition) is 1. The van der Waals surface area contributed by atoms with Gasteiger partial charge in [0, 0.05) is 24.4 Å². The number of likely N-dealkylation sites (N-methyl/N-ethyl adjacent to an activating group) is 1. The summed E-state index contributed by atoms with van der Waals surface area (Å²) in [7, 11) is 2.23. The first-order valence-corrected chi connectivity index (χ1v) is 6.55. The van der Waals surface area contributed by atoms with Gasteiger partial charge in [0.15, 0.2) is 0 Å². The van der Waals surface area contributed by atoms with Crippen molar-refractivity contribution in [3.05, 3.63) is 0 Å². The summed E-state index contributed by atoms with van der Waals surface area (Å²) in [6, 6.07) is 0. The number of rotatable bonds is 5. The van der Waals surface area contributed by atoms with Crippen LogP contribution in [-0.2, 0) is 0 Å². The predicted molar refractivity (Wildman–Crippen MR) is 61.3 cm³/mol. The first-order chi connectivity index (χ1) is 6.25. The summed E-state index contributed by atoms with van der Waals surface area (Å²) in [5.41, 5.74) is 6.24. The summed E-state index contributed by atoms with van der Waals surface area (Å²) in [6.07, 6.45) is 7.49. The monoisotopic (exact) mass is 202 g/mol. The molecule has 1 saturated carbocycles. The van der Waals surface area contributed by atoms with Crippen LogP contribution in [0.3, 0.4) is 0 Å². The Bertz CT molecular complexity index is 144. The maximum absolute atomic E-state index is 5.89. The van der Waals surface area contributed by atoms with E-state index in [1.807, 2.05) is 11.8 Å². The van der Waals surface area contributed by atoms with Crippen LogP contribution in [-0.4, -0.2) is 42.6 Å². The van der Waals surface area contributed by atoms with Gasteiger partial charge in [0.1, 0.15) is 0 Å². The maximum atomic E-state index is 5.89. The Morgan fingerprint density at radius 3 is 2.46 bits per heavy atom. The van der Waals surface area contributed by atoms with Crippen molar-refractivity contribution in [1.82, 2.24) is 4.90 Å². The zero-order valence-corrected chi connectivity index (χ0v) is 9.70. The fourth-order valence-electron chi connectivity index (χ4n) is 2.24. The Hall–Kier alpha value is 0.270. The third kappa shape index (κ3) is 2.61. The highest BCUT2D eigenvalue weighted by Crippen LogP contribution is 2.33. The molecule has 0 spiro atoms. The zero-order valence-electron chi connectivity index (χ0n) is 8.88. The quantitative estimate of drug-likeness (QED) is 0.733. The van der Waals surface area contributed by atoms with Crippen LogP contribution in [0.4, 0.5) is 0 Å². The van der Waals surface area contributed by atoms with E-state index in [9.17, 15) is 0 Å². The molecule has 0 amide bonds. The minimum atomic E-state index is 0.343. The normalized spacial score (nSPS) is 21.2. The molecule has 0 unspecified atom stereocenters. The summed E-state index contributed by atoms with van der Waals surface area (Å²) in [4.78, 5) is 2.48. The molecular weight excluding hydrogens is 180 g/mol. The van der Waals surface area contributed by atoms with Crippen LogP contribution in [0.5, 0.6) is 0 Å². The molecule has 0 aromatic carbocycles. The van der Waals surface area contributed by atoms with Crippen molar-refractivity contribution in [2.24, 2.45) is 5.73 Å². The first kappa shape index (κ1) is 11.3. The number of thioether (sulfide) groups is 1. The Balaban J connectivity index is 2.44. The maximum Gasteiger partial charge on any atom is 0.0329 e. The van der Waals surface area contributed by atoms with E-state index in [-0.39, 0.29) is 0 Å². The van der Waals surface area contributed by atoms with Crippen molar-refractivity contribution in [3.63, 3.8) is 0 Å². The molecule has 13 heavy (non-hydrogen) atoms. The van der Waals surface area contributed by atoms with E-state index in [0.717, 1.165) is 6.54 Å². The van der Waals surface area contributed by atoms with Gasteiger partial charge in [-0.05, 0) is 26.1 Å². The van der Waals surface area contributed by atoms with Gasteiger partial charge in [0.05, 0.1) is 0 Å². The molecule has 0 heterocycles. The molecule has 0 aliphatic heterocycles. The van der Waals surface area contributed by atoms with Crippen LogP contribution in [0.2, 0.25) is 0 Å². The van der Waals surface area contributed by atoms with Crippen LogP contribution in [0.15, 0.2) is 0 Å². The van der Waals surface area contributed by atoms with E-state index in [1.165, 1.54) is 38.0 Å². The molecule has 0 radical (unpaired) electrons. The molecule has 1 aliphatic rings. The average molecular weight is 202 g/mol. The van der Waals surface area contributed by atoms with Gasteiger partial charge in [-0.2, -0.15) is 11.8 Å². The second-order valence-corrected chi connectivity index (χ2v) is 5.04. The van der Waals surface area contributed by atoms with Gasteiger partial charge in [-0.15, -0.1) is 0 Å². The third-order valence-electron chi connectivity index (χ3n) is 3.35. The minimum Gasteiger partial charge on any atom is -0.329 e. The standard InChI is InChI=1S/C10H22N2S/c1-12(7-8-13-2)10(9-11)5-3-4-6-10/h3-9,11H2,1-2H3. The van der Waals surface area contributed by atoms with Crippen LogP contribution in [0.25, 0.3) is 0 Å².